The molecule has 3 aromatic rings. The molecule has 0 aliphatic rings. The Balaban J connectivity index is 1.71. The van der Waals surface area contributed by atoms with E-state index < -0.39 is 0 Å². The molecule has 0 bridgehead atoms. The number of carbonyl (C=O) groups is 1. The zero-order valence-corrected chi connectivity index (χ0v) is 16.1. The third-order valence-electron chi connectivity index (χ3n) is 3.57. The van der Waals surface area contributed by atoms with Gasteiger partial charge in [0.25, 0.3) is 5.91 Å². The summed E-state index contributed by atoms with van der Waals surface area (Å²) in [5, 5.41) is 6.80. The molecule has 122 valence electrons. The van der Waals surface area contributed by atoms with E-state index in [2.05, 4.69) is 33.2 Å². The molecular formula is C18H15IN2O2S. The van der Waals surface area contributed by atoms with Gasteiger partial charge in [-0.15, -0.1) is 0 Å². The van der Waals surface area contributed by atoms with Crippen molar-refractivity contribution in [2.75, 3.05) is 5.32 Å². The van der Waals surface area contributed by atoms with Crippen LogP contribution in [0.2, 0.25) is 0 Å². The molecule has 3 rings (SSSR count). The highest BCUT2D eigenvalue weighted by molar-refractivity contribution is 14.1. The van der Waals surface area contributed by atoms with E-state index in [9.17, 15) is 4.79 Å². The van der Waals surface area contributed by atoms with E-state index in [4.69, 9.17) is 16.6 Å². The maximum absolute atomic E-state index is 12.3. The van der Waals surface area contributed by atoms with Crippen LogP contribution in [-0.4, -0.2) is 11.0 Å². The van der Waals surface area contributed by atoms with Gasteiger partial charge in [0, 0.05) is 14.6 Å². The molecule has 0 spiro atoms. The van der Waals surface area contributed by atoms with Gasteiger partial charge in [-0.2, -0.15) is 0 Å². The number of hydrogen-bond acceptors (Lipinski definition) is 3. The van der Waals surface area contributed by atoms with Crippen molar-refractivity contribution in [1.82, 2.24) is 5.32 Å². The highest BCUT2D eigenvalue weighted by Crippen LogP contribution is 2.22. The molecule has 0 atom stereocenters. The average molecular weight is 450 g/mol. The molecule has 0 saturated carbocycles. The number of halogens is 1. The molecule has 24 heavy (non-hydrogen) atoms. The van der Waals surface area contributed by atoms with Crippen LogP contribution in [0.3, 0.4) is 0 Å². The SMILES string of the molecule is Cc1cc(NC(=S)NC(=O)c2cc3ccccc3o2)cc(C)c1I. The second-order valence-corrected chi connectivity index (χ2v) is 6.97. The second-order valence-electron chi connectivity index (χ2n) is 5.48. The lowest BCUT2D eigenvalue weighted by molar-refractivity contribution is 0.0953. The summed E-state index contributed by atoms with van der Waals surface area (Å²) in [6, 6.07) is 13.2. The Morgan fingerprint density at radius 2 is 1.79 bits per heavy atom. The van der Waals surface area contributed by atoms with Crippen molar-refractivity contribution in [2.24, 2.45) is 0 Å². The number of furan rings is 1. The predicted octanol–water partition coefficient (Wildman–Crippen LogP) is 4.78. The molecule has 0 unspecified atom stereocenters. The molecule has 0 saturated heterocycles. The Hall–Kier alpha value is -1.93. The average Bonchev–Trinajstić information content (AvgIpc) is 2.96. The first-order valence-corrected chi connectivity index (χ1v) is 8.80. The summed E-state index contributed by atoms with van der Waals surface area (Å²) in [7, 11) is 0. The zero-order chi connectivity index (χ0) is 17.3. The largest absolute Gasteiger partial charge is 0.451 e. The Kier molecular flexibility index (Phi) is 4.86. The zero-order valence-electron chi connectivity index (χ0n) is 13.1. The van der Waals surface area contributed by atoms with E-state index in [0.717, 1.165) is 22.2 Å². The van der Waals surface area contributed by atoms with Crippen LogP contribution in [-0.2, 0) is 0 Å². The summed E-state index contributed by atoms with van der Waals surface area (Å²) in [6.45, 7) is 4.08. The van der Waals surface area contributed by atoms with E-state index in [1.54, 1.807) is 6.07 Å². The Morgan fingerprint density at radius 1 is 1.12 bits per heavy atom. The molecule has 6 heteroatoms. The van der Waals surface area contributed by atoms with Crippen LogP contribution in [0.1, 0.15) is 21.7 Å². The summed E-state index contributed by atoms with van der Waals surface area (Å²) < 4.78 is 6.75. The van der Waals surface area contributed by atoms with Crippen LogP contribution >= 0.6 is 34.8 Å². The van der Waals surface area contributed by atoms with Gasteiger partial charge in [0.05, 0.1) is 0 Å². The maximum Gasteiger partial charge on any atom is 0.293 e. The summed E-state index contributed by atoms with van der Waals surface area (Å²) in [4.78, 5) is 12.3. The minimum Gasteiger partial charge on any atom is -0.451 e. The highest BCUT2D eigenvalue weighted by Gasteiger charge is 2.14. The van der Waals surface area contributed by atoms with E-state index in [-0.39, 0.29) is 16.8 Å². The van der Waals surface area contributed by atoms with Crippen molar-refractivity contribution in [3.05, 3.63) is 62.9 Å². The molecule has 2 aromatic carbocycles. The molecule has 1 aromatic heterocycles. The van der Waals surface area contributed by atoms with E-state index >= 15 is 0 Å². The topological polar surface area (TPSA) is 54.3 Å². The first kappa shape index (κ1) is 16.9. The number of amides is 1. The monoisotopic (exact) mass is 450 g/mol. The van der Waals surface area contributed by atoms with E-state index in [1.807, 2.05) is 50.2 Å². The maximum atomic E-state index is 12.3. The molecular weight excluding hydrogens is 435 g/mol. The molecule has 4 nitrogen and oxygen atoms in total. The summed E-state index contributed by atoms with van der Waals surface area (Å²) in [6.07, 6.45) is 0. The minimum atomic E-state index is -0.373. The molecule has 0 aliphatic carbocycles. The number of fused-ring (bicyclic) bond motifs is 1. The van der Waals surface area contributed by atoms with E-state index in [0.29, 0.717) is 5.58 Å². The Labute approximate surface area is 158 Å². The van der Waals surface area contributed by atoms with Gasteiger partial charge in [0.15, 0.2) is 10.9 Å². The van der Waals surface area contributed by atoms with Gasteiger partial charge in [-0.1, -0.05) is 18.2 Å². The number of aryl methyl sites for hydroxylation is 2. The number of anilines is 1. The first-order valence-electron chi connectivity index (χ1n) is 7.31. The highest BCUT2D eigenvalue weighted by atomic mass is 127. The Morgan fingerprint density at radius 3 is 2.46 bits per heavy atom. The number of hydrogen-bond donors (Lipinski definition) is 2. The van der Waals surface area contributed by atoms with Crippen LogP contribution in [0.4, 0.5) is 5.69 Å². The number of benzene rings is 2. The van der Waals surface area contributed by atoms with Crippen LogP contribution in [0.15, 0.2) is 46.9 Å². The normalized spacial score (nSPS) is 10.6. The number of rotatable bonds is 2. The fraction of sp³-hybridized carbons (Fsp3) is 0.111. The van der Waals surface area contributed by atoms with Crippen molar-refractivity contribution in [1.29, 1.82) is 0 Å². The Bertz CT molecular complexity index is 893. The lowest BCUT2D eigenvalue weighted by Crippen LogP contribution is -2.33. The van der Waals surface area contributed by atoms with Gasteiger partial charge < -0.3 is 9.73 Å². The fourth-order valence-electron chi connectivity index (χ4n) is 2.44. The van der Waals surface area contributed by atoms with Gasteiger partial charge in [-0.25, -0.2) is 0 Å². The number of para-hydroxylation sites is 1. The molecule has 2 N–H and O–H groups in total. The van der Waals surface area contributed by atoms with Crippen molar-refractivity contribution < 1.29 is 9.21 Å². The first-order chi connectivity index (χ1) is 11.4. The summed E-state index contributed by atoms with van der Waals surface area (Å²) >= 11 is 7.54. The van der Waals surface area contributed by atoms with Gasteiger partial charge in [0.1, 0.15) is 5.58 Å². The van der Waals surface area contributed by atoms with Crippen molar-refractivity contribution >= 4 is 62.5 Å². The quantitative estimate of drug-likeness (QED) is 0.436. The van der Waals surface area contributed by atoms with Gasteiger partial charge in [-0.05, 0) is 84.0 Å². The second kappa shape index (κ2) is 6.90. The smallest absolute Gasteiger partial charge is 0.293 e. The molecule has 1 amide bonds. The van der Waals surface area contributed by atoms with Crippen LogP contribution in [0.25, 0.3) is 11.0 Å². The lowest BCUT2D eigenvalue weighted by atomic mass is 10.1. The lowest BCUT2D eigenvalue weighted by Gasteiger charge is -2.11. The van der Waals surface area contributed by atoms with Crippen LogP contribution in [0, 0.1) is 17.4 Å². The molecule has 0 fully saturated rings. The van der Waals surface area contributed by atoms with Crippen molar-refractivity contribution in [3.8, 4) is 0 Å². The molecule has 0 radical (unpaired) electrons. The van der Waals surface area contributed by atoms with Crippen LogP contribution in [0.5, 0.6) is 0 Å². The molecule has 0 aliphatic heterocycles. The fourth-order valence-corrected chi connectivity index (χ4v) is 2.96. The number of thiocarbonyl (C=S) groups is 1. The van der Waals surface area contributed by atoms with Crippen molar-refractivity contribution in [3.63, 3.8) is 0 Å². The molecule has 1 heterocycles. The standard InChI is InChI=1S/C18H15IN2O2S/c1-10-7-13(8-11(2)16(10)19)20-18(24)21-17(22)15-9-12-5-3-4-6-14(12)23-15/h3-9H,1-2H3,(H2,20,21,22,24). The number of carbonyl (C=O) groups excluding carboxylic acids is 1. The van der Waals surface area contributed by atoms with Crippen molar-refractivity contribution in [2.45, 2.75) is 13.8 Å². The predicted molar refractivity (Wildman–Crippen MR) is 109 cm³/mol. The van der Waals surface area contributed by atoms with Gasteiger partial charge in [0.2, 0.25) is 0 Å². The summed E-state index contributed by atoms with van der Waals surface area (Å²) in [5.41, 5.74) is 3.83. The van der Waals surface area contributed by atoms with Gasteiger partial charge in [-0.3, -0.25) is 10.1 Å². The van der Waals surface area contributed by atoms with Crippen LogP contribution < -0.4 is 10.6 Å². The minimum absolute atomic E-state index is 0.232. The third-order valence-corrected chi connectivity index (χ3v) is 5.48. The van der Waals surface area contributed by atoms with Gasteiger partial charge >= 0.3 is 0 Å². The van der Waals surface area contributed by atoms with E-state index in [1.165, 1.54) is 3.57 Å². The summed E-state index contributed by atoms with van der Waals surface area (Å²) in [5.74, 6) is -0.141. The number of nitrogens with one attached hydrogen (secondary N) is 2. The third kappa shape index (κ3) is 3.59.